The predicted octanol–water partition coefficient (Wildman–Crippen LogP) is 7.08. The van der Waals surface area contributed by atoms with Crippen molar-refractivity contribution in [3.63, 3.8) is 0 Å². The van der Waals surface area contributed by atoms with Crippen molar-refractivity contribution in [1.82, 2.24) is 15.2 Å². The van der Waals surface area contributed by atoms with Gasteiger partial charge in [0.15, 0.2) is 0 Å². The number of aromatic amines is 1. The second kappa shape index (κ2) is 12.4. The van der Waals surface area contributed by atoms with Crippen molar-refractivity contribution in [2.45, 2.75) is 57.0 Å². The Morgan fingerprint density at radius 3 is 2.45 bits per heavy atom. The summed E-state index contributed by atoms with van der Waals surface area (Å²) in [5.41, 5.74) is 4.31. The Labute approximate surface area is 245 Å². The lowest BCUT2D eigenvalue weighted by Gasteiger charge is -2.38. The highest BCUT2D eigenvalue weighted by atomic mass is 35.5. The third-order valence-electron chi connectivity index (χ3n) is 8.04. The van der Waals surface area contributed by atoms with E-state index in [-0.39, 0.29) is 6.04 Å². The summed E-state index contributed by atoms with van der Waals surface area (Å²) in [7, 11) is 0. The number of H-pyrrole nitrogens is 1. The van der Waals surface area contributed by atoms with Gasteiger partial charge in [0.2, 0.25) is 0 Å². The average molecular weight is 581 g/mol. The molecule has 1 saturated carbocycles. The second-order valence-corrected chi connectivity index (χ2v) is 11.6. The van der Waals surface area contributed by atoms with E-state index in [9.17, 15) is 5.11 Å². The Hall–Kier alpha value is -2.74. The fraction of sp³-hybridized carbons (Fsp3) is 0.375. The summed E-state index contributed by atoms with van der Waals surface area (Å²) in [4.78, 5) is 5.58. The van der Waals surface area contributed by atoms with Gasteiger partial charge in [0.25, 0.3) is 6.41 Å². The van der Waals surface area contributed by atoms with Crippen LogP contribution in [0.5, 0.6) is 11.5 Å². The van der Waals surface area contributed by atoms with Crippen molar-refractivity contribution in [3.8, 4) is 11.5 Å². The third-order valence-corrected chi connectivity index (χ3v) is 8.53. The van der Waals surface area contributed by atoms with Crippen LogP contribution < -0.4 is 14.8 Å². The number of ether oxygens (including phenoxy) is 2. The molecule has 6 rings (SSSR count). The number of aliphatic hydroxyl groups excluding tert-OH is 1. The van der Waals surface area contributed by atoms with Gasteiger partial charge in [-0.05, 0) is 98.0 Å². The lowest BCUT2D eigenvalue weighted by Crippen LogP contribution is -2.46. The van der Waals surface area contributed by atoms with Crippen LogP contribution in [0.3, 0.4) is 0 Å². The monoisotopic (exact) mass is 579 g/mol. The molecule has 0 radical (unpaired) electrons. The number of fused-ring (bicyclic) bond motifs is 3. The molecule has 2 aliphatic rings. The molecule has 1 aromatic heterocycles. The zero-order valence-corrected chi connectivity index (χ0v) is 23.9. The highest BCUT2D eigenvalue weighted by Crippen LogP contribution is 2.40. The fourth-order valence-electron chi connectivity index (χ4n) is 6.02. The van der Waals surface area contributed by atoms with E-state index in [0.717, 1.165) is 47.3 Å². The molecule has 210 valence electrons. The molecule has 6 nitrogen and oxygen atoms in total. The van der Waals surface area contributed by atoms with E-state index < -0.39 is 6.41 Å². The van der Waals surface area contributed by atoms with Crippen molar-refractivity contribution in [1.29, 1.82) is 0 Å². The van der Waals surface area contributed by atoms with Crippen LogP contribution in [-0.2, 0) is 6.42 Å². The van der Waals surface area contributed by atoms with Gasteiger partial charge in [-0.3, -0.25) is 0 Å². The van der Waals surface area contributed by atoms with Crippen LogP contribution in [0.4, 0.5) is 0 Å². The number of hydrogen-bond acceptors (Lipinski definition) is 5. The standard InChI is InChI=1S/C32H35Cl2N3O3/c33-22-8-13-26(14-9-22)40-32(38)37-18-16-27-28-20-23(34)10-15-29(28)36-30(27)31(37)21-6-11-25(12-7-21)39-19-3-17-35-24-4-1-2-5-24/h6-15,20,24,31-32,35-36,38H,1-5,16-19H2. The SMILES string of the molecule is OC(Oc1ccc(Cl)cc1)N1CCc2c([nH]c3ccc(Cl)cc23)C1c1ccc(OCCCNC2CCCC2)cc1. The molecule has 3 N–H and O–H groups in total. The maximum atomic E-state index is 11.3. The smallest absolute Gasteiger partial charge is 0.260 e. The molecule has 0 saturated heterocycles. The Morgan fingerprint density at radius 2 is 1.68 bits per heavy atom. The zero-order valence-electron chi connectivity index (χ0n) is 22.4. The summed E-state index contributed by atoms with van der Waals surface area (Å²) in [6.07, 6.45) is 5.86. The highest BCUT2D eigenvalue weighted by molar-refractivity contribution is 6.31. The summed E-state index contributed by atoms with van der Waals surface area (Å²) < 4.78 is 12.0. The Morgan fingerprint density at radius 1 is 0.950 bits per heavy atom. The van der Waals surface area contributed by atoms with Gasteiger partial charge in [-0.25, -0.2) is 4.90 Å². The van der Waals surface area contributed by atoms with Crippen LogP contribution in [0, 0.1) is 0 Å². The first-order valence-electron chi connectivity index (χ1n) is 14.2. The van der Waals surface area contributed by atoms with E-state index in [1.165, 1.54) is 31.2 Å². The second-order valence-electron chi connectivity index (χ2n) is 10.7. The quantitative estimate of drug-likeness (QED) is 0.138. The number of aromatic nitrogens is 1. The van der Waals surface area contributed by atoms with E-state index in [2.05, 4.69) is 22.4 Å². The number of nitrogens with one attached hydrogen (secondary N) is 2. The van der Waals surface area contributed by atoms with E-state index in [4.69, 9.17) is 32.7 Å². The maximum Gasteiger partial charge on any atom is 0.260 e. The molecule has 0 bridgehead atoms. The number of halogens is 2. The molecule has 1 aliphatic carbocycles. The molecule has 3 aromatic carbocycles. The van der Waals surface area contributed by atoms with Crippen LogP contribution in [0.15, 0.2) is 66.7 Å². The van der Waals surface area contributed by atoms with E-state index in [1.807, 2.05) is 35.2 Å². The van der Waals surface area contributed by atoms with Crippen LogP contribution in [0.25, 0.3) is 10.9 Å². The van der Waals surface area contributed by atoms with Crippen LogP contribution in [-0.4, -0.2) is 47.1 Å². The first kappa shape index (κ1) is 27.4. The number of hydrogen-bond donors (Lipinski definition) is 3. The minimum absolute atomic E-state index is 0.248. The Kier molecular flexibility index (Phi) is 8.51. The fourth-order valence-corrected chi connectivity index (χ4v) is 6.32. The molecule has 0 amide bonds. The number of rotatable bonds is 10. The summed E-state index contributed by atoms with van der Waals surface area (Å²) in [6, 6.07) is 21.5. The van der Waals surface area contributed by atoms with Gasteiger partial charge in [-0.1, -0.05) is 48.2 Å². The maximum absolute atomic E-state index is 11.3. The Bertz CT molecular complexity index is 1420. The molecule has 1 aliphatic heterocycles. The minimum Gasteiger partial charge on any atom is -0.494 e. The number of benzene rings is 3. The van der Waals surface area contributed by atoms with Crippen molar-refractivity contribution in [2.24, 2.45) is 0 Å². The predicted molar refractivity (Wildman–Crippen MR) is 160 cm³/mol. The Balaban J connectivity index is 1.21. The topological polar surface area (TPSA) is 69.8 Å². The number of aliphatic hydroxyl groups is 1. The molecule has 2 atom stereocenters. The summed E-state index contributed by atoms with van der Waals surface area (Å²) in [5, 5.41) is 17.4. The van der Waals surface area contributed by atoms with Crippen molar-refractivity contribution in [2.75, 3.05) is 19.7 Å². The lowest BCUT2D eigenvalue weighted by atomic mass is 9.92. The first-order valence-corrected chi connectivity index (χ1v) is 14.9. The van der Waals surface area contributed by atoms with E-state index in [1.54, 1.807) is 24.3 Å². The minimum atomic E-state index is -1.15. The molecule has 0 spiro atoms. The van der Waals surface area contributed by atoms with Crippen LogP contribution >= 0.6 is 23.2 Å². The van der Waals surface area contributed by atoms with Gasteiger partial charge in [0.05, 0.1) is 12.6 Å². The highest BCUT2D eigenvalue weighted by Gasteiger charge is 2.36. The third kappa shape index (κ3) is 6.12. The van der Waals surface area contributed by atoms with Crippen LogP contribution in [0.1, 0.15) is 55.0 Å². The molecule has 40 heavy (non-hydrogen) atoms. The van der Waals surface area contributed by atoms with Crippen LogP contribution in [0.2, 0.25) is 10.0 Å². The zero-order chi connectivity index (χ0) is 27.5. The average Bonchev–Trinajstić information content (AvgIpc) is 3.62. The van der Waals surface area contributed by atoms with Gasteiger partial charge >= 0.3 is 0 Å². The number of nitrogens with zero attached hydrogens (tertiary/aromatic N) is 1. The van der Waals surface area contributed by atoms with Gasteiger partial charge < -0.3 is 24.9 Å². The van der Waals surface area contributed by atoms with Gasteiger partial charge in [0, 0.05) is 39.2 Å². The van der Waals surface area contributed by atoms with Gasteiger partial charge in [-0.15, -0.1) is 0 Å². The molecule has 8 heteroatoms. The summed E-state index contributed by atoms with van der Waals surface area (Å²) in [5.74, 6) is 1.39. The van der Waals surface area contributed by atoms with Crippen molar-refractivity contribution in [3.05, 3.63) is 93.6 Å². The molecular weight excluding hydrogens is 545 g/mol. The summed E-state index contributed by atoms with van der Waals surface area (Å²) >= 11 is 12.4. The largest absolute Gasteiger partial charge is 0.494 e. The normalized spacial score (nSPS) is 18.6. The summed E-state index contributed by atoms with van der Waals surface area (Å²) in [6.45, 7) is 2.27. The van der Waals surface area contributed by atoms with Gasteiger partial charge in [-0.2, -0.15) is 0 Å². The van der Waals surface area contributed by atoms with E-state index >= 15 is 0 Å². The van der Waals surface area contributed by atoms with E-state index in [0.29, 0.717) is 35.0 Å². The molecule has 2 heterocycles. The molecule has 1 fully saturated rings. The van der Waals surface area contributed by atoms with Crippen molar-refractivity contribution < 1.29 is 14.6 Å². The van der Waals surface area contributed by atoms with Crippen molar-refractivity contribution >= 4 is 34.1 Å². The molecule has 4 aromatic rings. The first-order chi connectivity index (χ1) is 19.5. The molecular formula is C32H35Cl2N3O3. The van der Waals surface area contributed by atoms with Gasteiger partial charge in [0.1, 0.15) is 11.5 Å². The lowest BCUT2D eigenvalue weighted by molar-refractivity contribution is -0.150. The molecule has 2 unspecified atom stereocenters.